The summed E-state index contributed by atoms with van der Waals surface area (Å²) in [6.07, 6.45) is 0.746. The molecule has 5 heteroatoms. The molecule has 0 heterocycles. The van der Waals surface area contributed by atoms with Gasteiger partial charge >= 0.3 is 6.03 Å². The smallest absolute Gasteiger partial charge is 0.319 e. The van der Waals surface area contributed by atoms with Gasteiger partial charge in [-0.3, -0.25) is 0 Å². The first-order valence-electron chi connectivity index (χ1n) is 7.93. The third kappa shape index (κ3) is 4.26. The minimum atomic E-state index is -0.543. The van der Waals surface area contributed by atoms with Gasteiger partial charge in [-0.1, -0.05) is 37.3 Å². The number of rotatable bonds is 7. The molecule has 0 bridgehead atoms. The lowest BCUT2D eigenvalue weighted by atomic mass is 9.91. The molecule has 24 heavy (non-hydrogen) atoms. The van der Waals surface area contributed by atoms with Gasteiger partial charge in [0.1, 0.15) is 11.4 Å². The highest BCUT2D eigenvalue weighted by atomic mass is 16.5. The van der Waals surface area contributed by atoms with Gasteiger partial charge in [0.15, 0.2) is 0 Å². The lowest BCUT2D eigenvalue weighted by Crippen LogP contribution is -2.43. The summed E-state index contributed by atoms with van der Waals surface area (Å²) in [5.41, 5.74) is 1.20. The van der Waals surface area contributed by atoms with Gasteiger partial charge in [0, 0.05) is 12.8 Å². The van der Waals surface area contributed by atoms with Crippen LogP contribution in [0.5, 0.6) is 5.75 Å². The molecule has 2 amide bonds. The molecule has 0 saturated heterocycles. The summed E-state index contributed by atoms with van der Waals surface area (Å²) in [7, 11) is 3.27. The Bertz CT molecular complexity index is 637. The number of nitrogens with one attached hydrogen (secondary N) is 2. The van der Waals surface area contributed by atoms with Gasteiger partial charge in [0.25, 0.3) is 0 Å². The van der Waals surface area contributed by atoms with E-state index in [1.165, 1.54) is 0 Å². The summed E-state index contributed by atoms with van der Waals surface area (Å²) >= 11 is 0. The molecule has 0 fully saturated rings. The maximum Gasteiger partial charge on any atom is 0.319 e. The second kappa shape index (κ2) is 8.36. The van der Waals surface area contributed by atoms with Crippen LogP contribution in [0.15, 0.2) is 54.6 Å². The van der Waals surface area contributed by atoms with Crippen molar-refractivity contribution in [3.8, 4) is 5.75 Å². The van der Waals surface area contributed by atoms with Crippen LogP contribution < -0.4 is 15.4 Å². The first-order chi connectivity index (χ1) is 11.6. The molecule has 0 aromatic heterocycles. The molecule has 5 nitrogen and oxygen atoms in total. The van der Waals surface area contributed by atoms with Crippen molar-refractivity contribution in [2.75, 3.05) is 26.1 Å². The maximum absolute atomic E-state index is 12.2. The molecule has 128 valence electrons. The van der Waals surface area contributed by atoms with Gasteiger partial charge in [-0.25, -0.2) is 4.79 Å². The van der Waals surface area contributed by atoms with Crippen LogP contribution >= 0.6 is 0 Å². The number of carbonyl (C=O) groups excluding carboxylic acids is 1. The van der Waals surface area contributed by atoms with Crippen LogP contribution in [-0.2, 0) is 10.3 Å². The Kier molecular flexibility index (Phi) is 6.21. The van der Waals surface area contributed by atoms with Crippen LogP contribution in [0, 0.1) is 0 Å². The van der Waals surface area contributed by atoms with Crippen molar-refractivity contribution < 1.29 is 14.3 Å². The van der Waals surface area contributed by atoms with E-state index in [4.69, 9.17) is 9.47 Å². The number of carbonyl (C=O) groups is 1. The number of methoxy groups -OCH3 is 2. The van der Waals surface area contributed by atoms with Crippen LogP contribution in [0.25, 0.3) is 0 Å². The van der Waals surface area contributed by atoms with E-state index >= 15 is 0 Å². The van der Waals surface area contributed by atoms with E-state index in [1.807, 2.05) is 37.3 Å². The fraction of sp³-hybridized carbons (Fsp3) is 0.316. The summed E-state index contributed by atoms with van der Waals surface area (Å²) in [6.45, 7) is 2.42. The summed E-state index contributed by atoms with van der Waals surface area (Å²) in [4.78, 5) is 12.2. The van der Waals surface area contributed by atoms with E-state index in [-0.39, 0.29) is 6.03 Å². The Morgan fingerprint density at radius 2 is 1.71 bits per heavy atom. The van der Waals surface area contributed by atoms with Gasteiger partial charge in [-0.2, -0.15) is 0 Å². The average molecular weight is 328 g/mol. The normalized spacial score (nSPS) is 13.0. The molecule has 0 aliphatic heterocycles. The summed E-state index contributed by atoms with van der Waals surface area (Å²) < 4.78 is 10.8. The Morgan fingerprint density at radius 3 is 2.25 bits per heavy atom. The molecule has 0 saturated carbocycles. The third-order valence-corrected chi connectivity index (χ3v) is 4.14. The van der Waals surface area contributed by atoms with Crippen molar-refractivity contribution >= 4 is 11.7 Å². The lowest BCUT2D eigenvalue weighted by Gasteiger charge is -2.32. The maximum atomic E-state index is 12.2. The minimum absolute atomic E-state index is 0.272. The van der Waals surface area contributed by atoms with E-state index in [0.29, 0.717) is 12.2 Å². The van der Waals surface area contributed by atoms with E-state index < -0.39 is 5.60 Å². The quantitative estimate of drug-likeness (QED) is 0.813. The van der Waals surface area contributed by atoms with Crippen LogP contribution in [0.2, 0.25) is 0 Å². The Balaban J connectivity index is 1.99. The van der Waals surface area contributed by atoms with Crippen molar-refractivity contribution in [1.29, 1.82) is 0 Å². The van der Waals surface area contributed by atoms with Gasteiger partial charge in [0.05, 0.1) is 13.7 Å². The van der Waals surface area contributed by atoms with Crippen molar-refractivity contribution in [3.05, 3.63) is 60.2 Å². The van der Waals surface area contributed by atoms with Crippen LogP contribution in [0.1, 0.15) is 18.9 Å². The summed E-state index contributed by atoms with van der Waals surface area (Å²) in [5, 5.41) is 5.70. The zero-order valence-electron chi connectivity index (χ0n) is 14.3. The standard InChI is InChI=1S/C19H24N2O3/c1-4-19(24-3,15-8-6-5-7-9-15)14-20-18(22)21-16-10-12-17(23-2)13-11-16/h5-13H,4,14H2,1-3H3,(H2,20,21,22). The van der Waals surface area contributed by atoms with Crippen molar-refractivity contribution in [1.82, 2.24) is 5.32 Å². The fourth-order valence-electron chi connectivity index (χ4n) is 2.58. The lowest BCUT2D eigenvalue weighted by molar-refractivity contribution is -0.0149. The highest BCUT2D eigenvalue weighted by Crippen LogP contribution is 2.28. The Morgan fingerprint density at radius 1 is 1.04 bits per heavy atom. The fourth-order valence-corrected chi connectivity index (χ4v) is 2.58. The van der Waals surface area contributed by atoms with Crippen LogP contribution in [0.3, 0.4) is 0 Å². The second-order valence-electron chi connectivity index (χ2n) is 5.45. The highest BCUT2D eigenvalue weighted by molar-refractivity contribution is 5.89. The Labute approximate surface area is 143 Å². The number of hydrogen-bond acceptors (Lipinski definition) is 3. The zero-order valence-corrected chi connectivity index (χ0v) is 14.3. The van der Waals surface area contributed by atoms with Gasteiger partial charge in [-0.15, -0.1) is 0 Å². The molecule has 2 rings (SSSR count). The topological polar surface area (TPSA) is 59.6 Å². The second-order valence-corrected chi connectivity index (χ2v) is 5.45. The van der Waals surface area contributed by atoms with Gasteiger partial charge in [-0.05, 0) is 36.2 Å². The first kappa shape index (κ1) is 17.8. The number of ether oxygens (including phenoxy) is 2. The SMILES string of the molecule is CCC(CNC(=O)Nc1ccc(OC)cc1)(OC)c1ccccc1. The first-order valence-corrected chi connectivity index (χ1v) is 7.93. The van der Waals surface area contributed by atoms with E-state index in [0.717, 1.165) is 17.7 Å². The van der Waals surface area contributed by atoms with Crippen LogP contribution in [-0.4, -0.2) is 26.8 Å². The third-order valence-electron chi connectivity index (χ3n) is 4.14. The molecule has 0 aliphatic carbocycles. The molecule has 2 aromatic carbocycles. The van der Waals surface area contributed by atoms with Gasteiger partial charge < -0.3 is 20.1 Å². The predicted octanol–water partition coefficient (Wildman–Crippen LogP) is 3.77. The van der Waals surface area contributed by atoms with Crippen molar-refractivity contribution in [2.24, 2.45) is 0 Å². The van der Waals surface area contributed by atoms with E-state index in [1.54, 1.807) is 38.5 Å². The summed E-state index contributed by atoms with van der Waals surface area (Å²) in [5.74, 6) is 0.745. The largest absolute Gasteiger partial charge is 0.497 e. The molecule has 0 radical (unpaired) electrons. The van der Waals surface area contributed by atoms with Crippen LogP contribution in [0.4, 0.5) is 10.5 Å². The number of amides is 2. The molecule has 0 aliphatic rings. The zero-order chi connectivity index (χ0) is 17.4. The Hall–Kier alpha value is -2.53. The molecule has 0 spiro atoms. The molecular formula is C19H24N2O3. The molecule has 2 N–H and O–H groups in total. The van der Waals surface area contributed by atoms with E-state index in [9.17, 15) is 4.79 Å². The van der Waals surface area contributed by atoms with Crippen molar-refractivity contribution in [2.45, 2.75) is 18.9 Å². The minimum Gasteiger partial charge on any atom is -0.497 e. The van der Waals surface area contributed by atoms with E-state index in [2.05, 4.69) is 10.6 Å². The monoisotopic (exact) mass is 328 g/mol. The molecular weight excluding hydrogens is 304 g/mol. The predicted molar refractivity (Wildman–Crippen MR) is 95.4 cm³/mol. The average Bonchev–Trinajstić information content (AvgIpc) is 2.64. The number of anilines is 1. The molecule has 1 unspecified atom stereocenters. The molecule has 2 aromatic rings. The number of urea groups is 1. The van der Waals surface area contributed by atoms with Crippen molar-refractivity contribution in [3.63, 3.8) is 0 Å². The number of benzene rings is 2. The van der Waals surface area contributed by atoms with Gasteiger partial charge in [0.2, 0.25) is 0 Å². The highest BCUT2D eigenvalue weighted by Gasteiger charge is 2.30. The number of hydrogen-bond donors (Lipinski definition) is 2. The molecule has 1 atom stereocenters. The summed E-state index contributed by atoms with van der Waals surface area (Å²) in [6, 6.07) is 16.8.